The Morgan fingerprint density at radius 2 is 1.82 bits per heavy atom. The molecule has 3 amide bonds. The first-order valence-electron chi connectivity index (χ1n) is 12.8. The number of hydrogen-bond acceptors (Lipinski definition) is 4. The van der Waals surface area contributed by atoms with Gasteiger partial charge in [0, 0.05) is 47.7 Å². The van der Waals surface area contributed by atoms with Gasteiger partial charge in [0.2, 0.25) is 0 Å². The number of halogens is 1. The molecular weight excluding hydrogens is 597 g/mol. The minimum absolute atomic E-state index is 0.0359. The monoisotopic (exact) mass is 627 g/mol. The van der Waals surface area contributed by atoms with Gasteiger partial charge in [0.15, 0.2) is 0 Å². The molecule has 11 heteroatoms. The predicted molar refractivity (Wildman–Crippen MR) is 155 cm³/mol. The summed E-state index contributed by atoms with van der Waals surface area (Å²) in [4.78, 5) is 45.2. The summed E-state index contributed by atoms with van der Waals surface area (Å²) in [5.41, 5.74) is 3.22. The molecule has 0 saturated carbocycles. The van der Waals surface area contributed by atoms with Crippen LogP contribution in [-0.2, 0) is 0 Å². The third kappa shape index (κ3) is 5.06. The van der Waals surface area contributed by atoms with Crippen molar-refractivity contribution in [3.8, 4) is 5.69 Å². The summed E-state index contributed by atoms with van der Waals surface area (Å²) in [6.07, 6.45) is 4.60. The molecule has 0 bridgehead atoms. The van der Waals surface area contributed by atoms with Gasteiger partial charge in [-0.1, -0.05) is 6.07 Å². The Kier molecular flexibility index (Phi) is 7.54. The Morgan fingerprint density at radius 1 is 1.11 bits per heavy atom. The topological polar surface area (TPSA) is 108 Å². The van der Waals surface area contributed by atoms with Gasteiger partial charge in [0.05, 0.1) is 28.5 Å². The molecular formula is C27H30IN7O3. The maximum atomic E-state index is 13.1. The van der Waals surface area contributed by atoms with Gasteiger partial charge in [-0.3, -0.25) is 9.36 Å². The van der Waals surface area contributed by atoms with E-state index in [2.05, 4.69) is 38.0 Å². The molecule has 2 aromatic heterocycles. The first kappa shape index (κ1) is 26.0. The van der Waals surface area contributed by atoms with E-state index in [-0.39, 0.29) is 23.7 Å². The van der Waals surface area contributed by atoms with Crippen molar-refractivity contribution < 1.29 is 9.59 Å². The number of carbonyl (C=O) groups excluding carboxylic acids is 2. The van der Waals surface area contributed by atoms with Gasteiger partial charge < -0.3 is 20.1 Å². The Bertz CT molecular complexity index is 1510. The number of aromatic nitrogens is 4. The van der Waals surface area contributed by atoms with Crippen molar-refractivity contribution in [2.45, 2.75) is 32.7 Å². The predicted octanol–water partition coefficient (Wildman–Crippen LogP) is 4.47. The van der Waals surface area contributed by atoms with Gasteiger partial charge in [-0.2, -0.15) is 5.10 Å². The number of piperidine rings is 1. The lowest BCUT2D eigenvalue weighted by Gasteiger charge is -2.32. The van der Waals surface area contributed by atoms with E-state index in [9.17, 15) is 14.4 Å². The molecule has 1 saturated heterocycles. The number of imidazole rings is 1. The first-order valence-corrected chi connectivity index (χ1v) is 13.9. The Balaban J connectivity index is 1.33. The van der Waals surface area contributed by atoms with Crippen LogP contribution in [0.15, 0.2) is 59.7 Å². The summed E-state index contributed by atoms with van der Waals surface area (Å²) < 4.78 is 4.53. The number of hydrogen-bond donors (Lipinski definition) is 2. The van der Waals surface area contributed by atoms with Gasteiger partial charge >= 0.3 is 11.7 Å². The van der Waals surface area contributed by atoms with Crippen LogP contribution in [0.2, 0.25) is 0 Å². The normalized spacial score (nSPS) is 14.1. The maximum absolute atomic E-state index is 13.1. The number of para-hydroxylation sites is 1. The quantitative estimate of drug-likeness (QED) is 0.308. The number of rotatable bonds is 6. The average molecular weight is 627 g/mol. The molecule has 0 spiro atoms. The van der Waals surface area contributed by atoms with Crippen molar-refractivity contribution >= 4 is 51.2 Å². The second-order valence-corrected chi connectivity index (χ2v) is 10.5. The van der Waals surface area contributed by atoms with Gasteiger partial charge in [0.1, 0.15) is 0 Å². The number of aromatic amines is 1. The second-order valence-electron chi connectivity index (χ2n) is 9.28. The molecule has 2 N–H and O–H groups in total. The molecule has 10 nitrogen and oxygen atoms in total. The lowest BCUT2D eigenvalue weighted by atomic mass is 10.0. The molecule has 0 atom stereocenters. The lowest BCUT2D eigenvalue weighted by molar-refractivity contribution is 0.0773. The van der Waals surface area contributed by atoms with Crippen LogP contribution in [0.1, 0.15) is 43.1 Å². The number of nitrogens with one attached hydrogen (secondary N) is 2. The molecule has 4 aromatic rings. The summed E-state index contributed by atoms with van der Waals surface area (Å²) in [6.45, 7) is 6.24. The fraction of sp³-hybridized carbons (Fsp3) is 0.333. The van der Waals surface area contributed by atoms with Crippen molar-refractivity contribution in [1.29, 1.82) is 0 Å². The number of urea groups is 1. The van der Waals surface area contributed by atoms with E-state index in [0.29, 0.717) is 55.8 Å². The minimum Gasteiger partial charge on any atom is -0.339 e. The van der Waals surface area contributed by atoms with Crippen molar-refractivity contribution in [3.63, 3.8) is 0 Å². The molecule has 2 aromatic carbocycles. The van der Waals surface area contributed by atoms with Gasteiger partial charge in [-0.25, -0.2) is 14.3 Å². The van der Waals surface area contributed by atoms with Gasteiger partial charge in [0.25, 0.3) is 5.91 Å². The highest BCUT2D eigenvalue weighted by atomic mass is 127. The summed E-state index contributed by atoms with van der Waals surface area (Å²) in [7, 11) is 0. The molecule has 0 radical (unpaired) electrons. The lowest BCUT2D eigenvalue weighted by Crippen LogP contribution is -2.42. The summed E-state index contributed by atoms with van der Waals surface area (Å²) >= 11 is 2.23. The number of H-pyrrole nitrogens is 1. The molecule has 1 fully saturated rings. The molecule has 0 aliphatic carbocycles. The standard InChI is InChI=1S/C27H30IN7O3/c1-3-32(4-2)25(36)18-16-29-34(17-18)22-6-5-7-23-24(22)31-27(38)35(23)21-12-14-33(15-13-21)26(37)30-20-10-8-19(28)9-11-20/h5-11,16-17,21H,3-4,12-15H2,1-2H3,(H,30,37)(H,31,38). The third-order valence-electron chi connectivity index (χ3n) is 7.07. The Hall–Kier alpha value is -3.61. The molecule has 5 rings (SSSR count). The zero-order valence-corrected chi connectivity index (χ0v) is 23.5. The van der Waals surface area contributed by atoms with Crippen LogP contribution in [0.3, 0.4) is 0 Å². The van der Waals surface area contributed by atoms with E-state index in [4.69, 9.17) is 0 Å². The summed E-state index contributed by atoms with van der Waals surface area (Å²) in [6, 6.07) is 13.2. The largest absolute Gasteiger partial charge is 0.339 e. The Morgan fingerprint density at radius 3 is 2.50 bits per heavy atom. The molecule has 3 heterocycles. The van der Waals surface area contributed by atoms with E-state index < -0.39 is 0 Å². The fourth-order valence-corrected chi connectivity index (χ4v) is 5.37. The molecule has 0 unspecified atom stereocenters. The van der Waals surface area contributed by atoms with E-state index in [1.807, 2.05) is 56.3 Å². The van der Waals surface area contributed by atoms with Crippen LogP contribution in [-0.4, -0.2) is 67.2 Å². The van der Waals surface area contributed by atoms with Gasteiger partial charge in [-0.15, -0.1) is 0 Å². The minimum atomic E-state index is -0.194. The number of carbonyl (C=O) groups is 2. The molecule has 1 aliphatic rings. The van der Waals surface area contributed by atoms with E-state index >= 15 is 0 Å². The molecule has 1 aliphatic heterocycles. The molecule has 38 heavy (non-hydrogen) atoms. The van der Waals surface area contributed by atoms with Crippen LogP contribution >= 0.6 is 22.6 Å². The van der Waals surface area contributed by atoms with Crippen LogP contribution in [0.5, 0.6) is 0 Å². The number of anilines is 1. The van der Waals surface area contributed by atoms with E-state index in [1.165, 1.54) is 0 Å². The zero-order valence-electron chi connectivity index (χ0n) is 21.4. The van der Waals surface area contributed by atoms with Gasteiger partial charge in [-0.05, 0) is 85.7 Å². The zero-order chi connectivity index (χ0) is 26.8. The number of benzene rings is 2. The summed E-state index contributed by atoms with van der Waals surface area (Å²) in [5, 5.41) is 7.37. The second kappa shape index (κ2) is 11.0. The highest BCUT2D eigenvalue weighted by molar-refractivity contribution is 14.1. The Labute approximate surface area is 233 Å². The highest BCUT2D eigenvalue weighted by Gasteiger charge is 2.27. The number of likely N-dealkylation sites (tertiary alicyclic amines) is 1. The number of amides is 3. The van der Waals surface area contributed by atoms with Crippen molar-refractivity contribution in [2.75, 3.05) is 31.5 Å². The van der Waals surface area contributed by atoms with E-state index in [1.54, 1.807) is 31.4 Å². The maximum Gasteiger partial charge on any atom is 0.326 e. The SMILES string of the molecule is CCN(CC)C(=O)c1cnn(-c2cccc3c2[nH]c(=O)n3C2CCN(C(=O)Nc3ccc(I)cc3)CC2)c1. The molecule has 198 valence electrons. The van der Waals surface area contributed by atoms with Crippen LogP contribution in [0.4, 0.5) is 10.5 Å². The van der Waals surface area contributed by atoms with Crippen LogP contribution < -0.4 is 11.0 Å². The third-order valence-corrected chi connectivity index (χ3v) is 7.79. The van der Waals surface area contributed by atoms with Crippen molar-refractivity contribution in [1.82, 2.24) is 29.1 Å². The highest BCUT2D eigenvalue weighted by Crippen LogP contribution is 2.28. The number of nitrogens with zero attached hydrogens (tertiary/aromatic N) is 5. The number of fused-ring (bicyclic) bond motifs is 1. The smallest absolute Gasteiger partial charge is 0.326 e. The van der Waals surface area contributed by atoms with Crippen molar-refractivity contribution in [2.24, 2.45) is 0 Å². The fourth-order valence-electron chi connectivity index (χ4n) is 5.01. The first-order chi connectivity index (χ1) is 18.4. The van der Waals surface area contributed by atoms with Crippen LogP contribution in [0.25, 0.3) is 16.7 Å². The average Bonchev–Trinajstić information content (AvgIpc) is 3.55. The van der Waals surface area contributed by atoms with Crippen LogP contribution in [0, 0.1) is 3.57 Å². The van der Waals surface area contributed by atoms with Crippen molar-refractivity contribution in [3.05, 3.63) is 74.5 Å². The van der Waals surface area contributed by atoms with E-state index in [0.717, 1.165) is 14.8 Å². The summed E-state index contributed by atoms with van der Waals surface area (Å²) in [5.74, 6) is -0.0719.